The minimum atomic E-state index is -0.733. The van der Waals surface area contributed by atoms with Gasteiger partial charge in [0.25, 0.3) is 11.8 Å². The fourth-order valence-electron chi connectivity index (χ4n) is 1.10. The Morgan fingerprint density at radius 3 is 2.81 bits per heavy atom. The molecule has 0 fully saturated rings. The van der Waals surface area contributed by atoms with Gasteiger partial charge in [0.15, 0.2) is 0 Å². The lowest BCUT2D eigenvalue weighted by molar-refractivity contribution is -0.125. The highest BCUT2D eigenvalue weighted by atomic mass is 32.1. The number of carbonyl (C=O) groups is 2. The average molecular weight is 243 g/mol. The van der Waals surface area contributed by atoms with E-state index in [-0.39, 0.29) is 12.1 Å². The van der Waals surface area contributed by atoms with Crippen LogP contribution in [0.15, 0.2) is 11.4 Å². The van der Waals surface area contributed by atoms with Crippen LogP contribution in [0.1, 0.15) is 10.4 Å². The van der Waals surface area contributed by atoms with Crippen LogP contribution in [0.4, 0.5) is 5.00 Å². The quantitative estimate of drug-likeness (QED) is 0.663. The number of anilines is 1. The maximum atomic E-state index is 11.6. The number of rotatable bonds is 5. The topological polar surface area (TPSA) is 107 Å². The maximum Gasteiger partial charge on any atom is 0.255 e. The summed E-state index contributed by atoms with van der Waals surface area (Å²) in [7, 11) is 1.39. The summed E-state index contributed by atoms with van der Waals surface area (Å²) < 4.78 is 4.86. The summed E-state index contributed by atoms with van der Waals surface area (Å²) in [4.78, 5) is 22.6. The number of ether oxygens (including phenoxy) is 1. The predicted octanol–water partition coefficient (Wildman–Crippen LogP) is -0.241. The number of carbonyl (C=O) groups excluding carboxylic acids is 2. The molecular formula is C9H13N3O3S. The zero-order valence-corrected chi connectivity index (χ0v) is 9.54. The van der Waals surface area contributed by atoms with E-state index in [9.17, 15) is 9.59 Å². The lowest BCUT2D eigenvalue weighted by Gasteiger charge is -2.12. The van der Waals surface area contributed by atoms with E-state index in [1.165, 1.54) is 18.4 Å². The molecule has 0 radical (unpaired) electrons. The molecule has 1 atom stereocenters. The van der Waals surface area contributed by atoms with Gasteiger partial charge in [-0.25, -0.2) is 0 Å². The molecule has 0 aliphatic heterocycles. The normalized spacial score (nSPS) is 12.1. The molecule has 1 aromatic rings. The molecule has 2 amide bonds. The average Bonchev–Trinajstić information content (AvgIpc) is 2.67. The summed E-state index contributed by atoms with van der Waals surface area (Å²) in [5, 5.41) is 4.62. The first-order valence-electron chi connectivity index (χ1n) is 4.51. The van der Waals surface area contributed by atoms with E-state index in [4.69, 9.17) is 16.2 Å². The molecule has 0 bridgehead atoms. The van der Waals surface area contributed by atoms with Crippen LogP contribution in [0, 0.1) is 0 Å². The van der Waals surface area contributed by atoms with Crippen molar-refractivity contribution in [2.75, 3.05) is 19.0 Å². The number of primary amides is 1. The largest absolute Gasteiger partial charge is 0.370 e. The zero-order chi connectivity index (χ0) is 12.1. The second-order valence-electron chi connectivity index (χ2n) is 2.98. The van der Waals surface area contributed by atoms with Crippen LogP contribution in [0.3, 0.4) is 0 Å². The number of hydrogen-bond acceptors (Lipinski definition) is 5. The van der Waals surface area contributed by atoms with Gasteiger partial charge in [-0.05, 0) is 11.4 Å². The van der Waals surface area contributed by atoms with Crippen molar-refractivity contribution in [3.05, 3.63) is 17.0 Å². The van der Waals surface area contributed by atoms with E-state index in [1.807, 2.05) is 0 Å². The Balaban J connectivity index is 2.76. The molecule has 0 saturated heterocycles. The number of amides is 2. The Morgan fingerprint density at radius 2 is 2.31 bits per heavy atom. The van der Waals surface area contributed by atoms with E-state index in [1.54, 1.807) is 11.4 Å². The molecular weight excluding hydrogens is 230 g/mol. The first-order valence-corrected chi connectivity index (χ1v) is 5.39. The van der Waals surface area contributed by atoms with Gasteiger partial charge in [0.05, 0.1) is 5.56 Å². The van der Waals surface area contributed by atoms with Crippen LogP contribution in [0.25, 0.3) is 0 Å². The second-order valence-corrected chi connectivity index (χ2v) is 3.89. The molecule has 0 aliphatic rings. The van der Waals surface area contributed by atoms with Crippen LogP contribution in [0.2, 0.25) is 0 Å². The van der Waals surface area contributed by atoms with Crippen molar-refractivity contribution in [2.45, 2.75) is 6.10 Å². The number of nitrogens with two attached hydrogens (primary N) is 2. The van der Waals surface area contributed by atoms with E-state index < -0.39 is 17.9 Å². The molecule has 7 heteroatoms. The fraction of sp³-hybridized carbons (Fsp3) is 0.333. The van der Waals surface area contributed by atoms with Crippen LogP contribution in [-0.2, 0) is 9.53 Å². The Bertz CT molecular complexity index is 387. The monoisotopic (exact) mass is 243 g/mol. The Morgan fingerprint density at radius 1 is 1.62 bits per heavy atom. The molecule has 0 spiro atoms. The standard InChI is InChI=1S/C9H13N3O3S/c1-15-6(4-10)8(14)12-9-5(7(11)13)2-3-16-9/h2-3,6H,4,10H2,1H3,(H2,11,13)(H,12,14). The smallest absolute Gasteiger partial charge is 0.255 e. The lowest BCUT2D eigenvalue weighted by atomic mass is 10.3. The van der Waals surface area contributed by atoms with Crippen LogP contribution >= 0.6 is 11.3 Å². The van der Waals surface area contributed by atoms with Gasteiger partial charge in [0, 0.05) is 13.7 Å². The summed E-state index contributed by atoms with van der Waals surface area (Å²) in [6, 6.07) is 1.55. The molecule has 16 heavy (non-hydrogen) atoms. The van der Waals surface area contributed by atoms with Crippen molar-refractivity contribution >= 4 is 28.2 Å². The van der Waals surface area contributed by atoms with Gasteiger partial charge in [-0.1, -0.05) is 0 Å². The molecule has 88 valence electrons. The highest BCUT2D eigenvalue weighted by Gasteiger charge is 2.18. The highest BCUT2D eigenvalue weighted by molar-refractivity contribution is 7.14. The minimum Gasteiger partial charge on any atom is -0.370 e. The highest BCUT2D eigenvalue weighted by Crippen LogP contribution is 2.22. The number of thiophene rings is 1. The van der Waals surface area contributed by atoms with Crippen LogP contribution in [-0.4, -0.2) is 31.6 Å². The first kappa shape index (κ1) is 12.6. The number of hydrogen-bond donors (Lipinski definition) is 3. The third kappa shape index (κ3) is 2.78. The van der Waals surface area contributed by atoms with Gasteiger partial charge in [-0.15, -0.1) is 11.3 Å². The van der Waals surface area contributed by atoms with Crippen molar-refractivity contribution in [3.8, 4) is 0 Å². The van der Waals surface area contributed by atoms with E-state index >= 15 is 0 Å². The van der Waals surface area contributed by atoms with Gasteiger partial charge in [0.2, 0.25) is 0 Å². The Kier molecular flexibility index (Phi) is 4.41. The van der Waals surface area contributed by atoms with Crippen molar-refractivity contribution < 1.29 is 14.3 Å². The zero-order valence-electron chi connectivity index (χ0n) is 8.73. The molecule has 1 heterocycles. The van der Waals surface area contributed by atoms with E-state index in [2.05, 4.69) is 5.32 Å². The summed E-state index contributed by atoms with van der Waals surface area (Å²) >= 11 is 1.22. The van der Waals surface area contributed by atoms with Gasteiger partial charge in [-0.3, -0.25) is 9.59 Å². The lowest BCUT2D eigenvalue weighted by Crippen LogP contribution is -2.36. The first-order chi connectivity index (χ1) is 7.60. The number of methoxy groups -OCH3 is 1. The molecule has 1 rings (SSSR count). The predicted molar refractivity (Wildman–Crippen MR) is 61.3 cm³/mol. The van der Waals surface area contributed by atoms with Crippen LogP contribution in [0.5, 0.6) is 0 Å². The molecule has 0 aliphatic carbocycles. The Hall–Kier alpha value is -1.44. The summed E-state index contributed by atoms with van der Waals surface area (Å²) in [5.74, 6) is -0.979. The van der Waals surface area contributed by atoms with Gasteiger partial charge in [0.1, 0.15) is 11.1 Å². The summed E-state index contributed by atoms with van der Waals surface area (Å²) in [5.41, 5.74) is 10.8. The molecule has 1 aromatic heterocycles. The molecule has 1 unspecified atom stereocenters. The Labute approximate surface area is 96.6 Å². The SMILES string of the molecule is COC(CN)C(=O)Nc1sccc1C(N)=O. The molecule has 0 aromatic carbocycles. The third-order valence-electron chi connectivity index (χ3n) is 1.96. The summed E-state index contributed by atoms with van der Waals surface area (Å²) in [6.45, 7) is 0.0691. The fourth-order valence-corrected chi connectivity index (χ4v) is 1.90. The van der Waals surface area contributed by atoms with Crippen molar-refractivity contribution in [2.24, 2.45) is 11.5 Å². The van der Waals surface area contributed by atoms with Crippen LogP contribution < -0.4 is 16.8 Å². The molecule has 0 saturated carbocycles. The molecule has 6 nitrogen and oxygen atoms in total. The third-order valence-corrected chi connectivity index (χ3v) is 2.79. The summed E-state index contributed by atoms with van der Waals surface area (Å²) in [6.07, 6.45) is -0.733. The second kappa shape index (κ2) is 5.59. The number of nitrogens with one attached hydrogen (secondary N) is 1. The van der Waals surface area contributed by atoms with E-state index in [0.29, 0.717) is 5.00 Å². The van der Waals surface area contributed by atoms with Crippen molar-refractivity contribution in [1.29, 1.82) is 0 Å². The minimum absolute atomic E-state index is 0.0691. The van der Waals surface area contributed by atoms with Crippen molar-refractivity contribution in [1.82, 2.24) is 0 Å². The maximum absolute atomic E-state index is 11.6. The van der Waals surface area contributed by atoms with Gasteiger partial charge < -0.3 is 21.5 Å². The van der Waals surface area contributed by atoms with Gasteiger partial charge >= 0.3 is 0 Å². The molecule has 5 N–H and O–H groups in total. The van der Waals surface area contributed by atoms with Crippen molar-refractivity contribution in [3.63, 3.8) is 0 Å². The van der Waals surface area contributed by atoms with E-state index in [0.717, 1.165) is 0 Å². The van der Waals surface area contributed by atoms with Gasteiger partial charge in [-0.2, -0.15) is 0 Å².